The van der Waals surface area contributed by atoms with Crippen molar-refractivity contribution in [2.45, 2.75) is 115 Å². The number of aliphatic carboxylic acids is 2. The number of rotatable bonds is 21. The van der Waals surface area contributed by atoms with Gasteiger partial charge in [-0.25, -0.2) is 4.79 Å². The number of carboxylic acid groups (broad SMARTS) is 2. The fourth-order valence-electron chi connectivity index (χ4n) is 3.26. The topological polar surface area (TPSA) is 220 Å². The van der Waals surface area contributed by atoms with Crippen LogP contribution in [0.2, 0.25) is 0 Å². The van der Waals surface area contributed by atoms with E-state index in [-0.39, 0.29) is 24.3 Å². The molecule has 0 aliphatic carbocycles. The Labute approximate surface area is 222 Å². The van der Waals surface area contributed by atoms with Gasteiger partial charge < -0.3 is 38.5 Å². The minimum absolute atomic E-state index is 0. The molecule has 0 aliphatic heterocycles. The summed E-state index contributed by atoms with van der Waals surface area (Å²) in [5.74, 6) is -2.09. The smallest absolute Gasteiger partial charge is 0.326 e. The van der Waals surface area contributed by atoms with Crippen LogP contribution in [-0.2, 0) is 14.4 Å². The highest BCUT2D eigenvalue weighted by atomic mass is 35.5. The lowest BCUT2D eigenvalue weighted by molar-refractivity contribution is -0.142. The summed E-state index contributed by atoms with van der Waals surface area (Å²) in [6.07, 6.45) is 14.2. The van der Waals surface area contributed by atoms with Gasteiger partial charge in [0.15, 0.2) is 5.96 Å². The third kappa shape index (κ3) is 28.1. The quantitative estimate of drug-likeness (QED) is 0.0646. The first-order valence-electron chi connectivity index (χ1n) is 12.9. The number of aliphatic imine (C=N–C) groups is 1. The number of carbonyl (C=O) groups excluding carboxylic acids is 1. The first-order chi connectivity index (χ1) is 16.6. The van der Waals surface area contributed by atoms with E-state index in [1.54, 1.807) is 0 Å². The molecule has 0 unspecified atom stereocenters. The van der Waals surface area contributed by atoms with E-state index in [4.69, 9.17) is 33.1 Å². The molecule has 1 amide bonds. The van der Waals surface area contributed by atoms with Crippen LogP contribution in [0.5, 0.6) is 0 Å². The zero-order valence-electron chi connectivity index (χ0n) is 22.0. The number of amides is 1. The molecular weight excluding hydrogens is 488 g/mol. The van der Waals surface area contributed by atoms with E-state index in [2.05, 4.69) is 17.2 Å². The number of nitrogens with one attached hydrogen (secondary N) is 1. The molecule has 36 heavy (non-hydrogen) atoms. The predicted molar refractivity (Wildman–Crippen MR) is 147 cm³/mol. The Kier molecular flexibility index (Phi) is 29.3. The Balaban J connectivity index is -0.000000710. The average molecular weight is 539 g/mol. The van der Waals surface area contributed by atoms with E-state index in [0.717, 1.165) is 32.1 Å². The highest BCUT2D eigenvalue weighted by Crippen LogP contribution is 2.10. The molecule has 0 fully saturated rings. The number of hydrogen-bond acceptors (Lipinski definition) is 6. The predicted octanol–water partition coefficient (Wildman–Crippen LogP) is 2.48. The molecule has 0 aliphatic rings. The van der Waals surface area contributed by atoms with Gasteiger partial charge in [0.05, 0.1) is 0 Å². The maximum absolute atomic E-state index is 11.8. The normalized spacial score (nSPS) is 11.8. The lowest BCUT2D eigenvalue weighted by atomic mass is 10.1. The van der Waals surface area contributed by atoms with Gasteiger partial charge in [0, 0.05) is 13.0 Å². The molecule has 0 saturated heterocycles. The van der Waals surface area contributed by atoms with E-state index in [0.29, 0.717) is 38.8 Å². The Morgan fingerprint density at radius 3 is 1.83 bits per heavy atom. The highest BCUT2D eigenvalue weighted by Gasteiger charge is 2.18. The number of unbranched alkanes of at least 4 members (excludes halogenated alkanes) is 9. The summed E-state index contributed by atoms with van der Waals surface area (Å²) in [4.78, 5) is 36.8. The third-order valence-electron chi connectivity index (χ3n) is 5.37. The second-order valence-corrected chi connectivity index (χ2v) is 8.71. The van der Waals surface area contributed by atoms with Gasteiger partial charge in [-0.05, 0) is 45.1 Å². The number of hydrogen-bond donors (Lipinski definition) is 7. The molecule has 0 heterocycles. The van der Waals surface area contributed by atoms with Crippen molar-refractivity contribution in [3.63, 3.8) is 0 Å². The fourth-order valence-corrected chi connectivity index (χ4v) is 3.26. The second-order valence-electron chi connectivity index (χ2n) is 8.71. The Bertz CT molecular complexity index is 591. The van der Waals surface area contributed by atoms with E-state index in [1.165, 1.54) is 38.5 Å². The van der Waals surface area contributed by atoms with Gasteiger partial charge in [-0.2, -0.15) is 0 Å². The van der Waals surface area contributed by atoms with Crippen molar-refractivity contribution in [3.8, 4) is 0 Å². The van der Waals surface area contributed by atoms with Crippen LogP contribution in [0.25, 0.3) is 0 Å². The van der Waals surface area contributed by atoms with Crippen LogP contribution in [-0.4, -0.2) is 59.2 Å². The summed E-state index contributed by atoms with van der Waals surface area (Å²) >= 11 is 0. The minimum Gasteiger partial charge on any atom is -0.480 e. The lowest BCUT2D eigenvalue weighted by Crippen LogP contribution is -2.40. The minimum atomic E-state index is -1.00. The summed E-state index contributed by atoms with van der Waals surface area (Å²) in [5.41, 5.74) is 20.7. The third-order valence-corrected chi connectivity index (χ3v) is 5.37. The zero-order chi connectivity index (χ0) is 26.9. The molecule has 214 valence electrons. The molecule has 11 nitrogen and oxygen atoms in total. The molecule has 0 radical (unpaired) electrons. The molecule has 12 heteroatoms. The summed E-state index contributed by atoms with van der Waals surface area (Å²) in [5, 5.41) is 20.1. The number of carboxylic acids is 2. The van der Waals surface area contributed by atoms with Crippen molar-refractivity contribution in [2.75, 3.05) is 13.1 Å². The molecule has 0 aromatic rings. The molecule has 0 rings (SSSR count). The van der Waals surface area contributed by atoms with Crippen LogP contribution >= 0.6 is 12.4 Å². The second kappa shape index (κ2) is 27.5. The summed E-state index contributed by atoms with van der Waals surface area (Å²) < 4.78 is 0. The van der Waals surface area contributed by atoms with Crippen molar-refractivity contribution in [3.05, 3.63) is 0 Å². The first-order valence-corrected chi connectivity index (χ1v) is 12.9. The van der Waals surface area contributed by atoms with E-state index < -0.39 is 24.0 Å². The van der Waals surface area contributed by atoms with Gasteiger partial charge in [0.2, 0.25) is 5.91 Å². The molecule has 0 saturated carbocycles. The van der Waals surface area contributed by atoms with Crippen LogP contribution in [0.1, 0.15) is 103 Å². The van der Waals surface area contributed by atoms with E-state index in [9.17, 15) is 14.4 Å². The van der Waals surface area contributed by atoms with Crippen molar-refractivity contribution in [1.29, 1.82) is 0 Å². The number of nitrogens with zero attached hydrogens (tertiary/aromatic N) is 1. The van der Waals surface area contributed by atoms with Gasteiger partial charge in [-0.15, -0.1) is 12.4 Å². The van der Waals surface area contributed by atoms with Crippen LogP contribution < -0.4 is 28.3 Å². The standard InChI is InChI=1S/C18H36N2O3.C6H14N4O2.ClH/c1-2-3-4-5-6-7-8-9-10-14-17(21)20-16(18(22)23)13-11-12-15-19;7-4(5(11)12)2-1-3-10-6(8)9;/h16H,2-15,19H2,1H3,(H,20,21)(H,22,23);4H,1-3,7H2,(H,11,12)(H4,8,9,10);1H/t16-;4-;/m00./s1. The largest absolute Gasteiger partial charge is 0.480 e. The molecule has 2 atom stereocenters. The number of carbonyl (C=O) groups is 3. The van der Waals surface area contributed by atoms with Crippen molar-refractivity contribution in [2.24, 2.45) is 27.9 Å². The van der Waals surface area contributed by atoms with Gasteiger partial charge in [-0.3, -0.25) is 14.6 Å². The summed E-state index contributed by atoms with van der Waals surface area (Å²) in [6, 6.07) is -1.59. The van der Waals surface area contributed by atoms with E-state index in [1.807, 2.05) is 0 Å². The summed E-state index contributed by atoms with van der Waals surface area (Å²) in [7, 11) is 0. The summed E-state index contributed by atoms with van der Waals surface area (Å²) in [6.45, 7) is 3.19. The highest BCUT2D eigenvalue weighted by molar-refractivity contribution is 5.85. The Morgan fingerprint density at radius 2 is 1.36 bits per heavy atom. The SMILES string of the molecule is CCCCCCCCCCCC(=O)N[C@@H](CCCCN)C(=O)O.Cl.NC(N)=NCCC[C@H](N)C(=O)O. The molecule has 0 bridgehead atoms. The zero-order valence-corrected chi connectivity index (χ0v) is 22.8. The molecule has 11 N–H and O–H groups in total. The van der Waals surface area contributed by atoms with Crippen LogP contribution in [0, 0.1) is 0 Å². The molecule has 0 aromatic carbocycles. The molecule has 0 aromatic heterocycles. The number of halogens is 1. The monoisotopic (exact) mass is 538 g/mol. The van der Waals surface area contributed by atoms with Crippen molar-refractivity contribution >= 4 is 36.2 Å². The van der Waals surface area contributed by atoms with Crippen molar-refractivity contribution in [1.82, 2.24) is 5.32 Å². The molecular formula is C24H51ClN6O5. The van der Waals surface area contributed by atoms with Crippen LogP contribution in [0.4, 0.5) is 0 Å². The van der Waals surface area contributed by atoms with Crippen LogP contribution in [0.15, 0.2) is 4.99 Å². The van der Waals surface area contributed by atoms with Gasteiger partial charge in [-0.1, -0.05) is 58.3 Å². The number of guanidine groups is 1. The maximum atomic E-state index is 11.8. The van der Waals surface area contributed by atoms with E-state index >= 15 is 0 Å². The Hall–Kier alpha value is -2.11. The van der Waals surface area contributed by atoms with Gasteiger partial charge in [0.1, 0.15) is 12.1 Å². The number of nitrogens with two attached hydrogens (primary N) is 4. The van der Waals surface area contributed by atoms with Crippen LogP contribution in [0.3, 0.4) is 0 Å². The lowest BCUT2D eigenvalue weighted by Gasteiger charge is -2.14. The van der Waals surface area contributed by atoms with Gasteiger partial charge in [0.25, 0.3) is 0 Å². The van der Waals surface area contributed by atoms with Gasteiger partial charge >= 0.3 is 11.9 Å². The first kappa shape index (κ1) is 38.4. The maximum Gasteiger partial charge on any atom is 0.326 e. The molecule has 0 spiro atoms. The van der Waals surface area contributed by atoms with Crippen molar-refractivity contribution < 1.29 is 24.6 Å². The fraction of sp³-hybridized carbons (Fsp3) is 0.833. The average Bonchev–Trinajstić information content (AvgIpc) is 2.80. The Morgan fingerprint density at radius 1 is 0.806 bits per heavy atom.